The Kier molecular flexibility index (Phi) is 5.53. The van der Waals surface area contributed by atoms with E-state index in [2.05, 4.69) is 4.18 Å². The quantitative estimate of drug-likeness (QED) is 0.272. The molecule has 2 atom stereocenters. The number of hydrogen-bond acceptors (Lipinski definition) is 4. The molecule has 1 saturated heterocycles. The lowest BCUT2D eigenvalue weighted by atomic mass is 9.96. The highest BCUT2D eigenvalue weighted by atomic mass is 32.2. The number of benzene rings is 3. The van der Waals surface area contributed by atoms with Crippen molar-refractivity contribution in [2.75, 3.05) is 0 Å². The summed E-state index contributed by atoms with van der Waals surface area (Å²) in [5.74, 6) is -0.325. The molecule has 0 aliphatic carbocycles. The Labute approximate surface area is 178 Å². The summed E-state index contributed by atoms with van der Waals surface area (Å²) in [5.41, 5.74) is -3.60. The number of alkyl halides is 3. The van der Waals surface area contributed by atoms with Crippen LogP contribution in [0.15, 0.2) is 84.1 Å². The van der Waals surface area contributed by atoms with Gasteiger partial charge in [0.15, 0.2) is 0 Å². The van der Waals surface area contributed by atoms with Crippen molar-refractivity contribution < 1.29 is 30.5 Å². The van der Waals surface area contributed by atoms with Crippen LogP contribution in [0.25, 0.3) is 10.8 Å². The minimum absolute atomic E-state index is 0.209. The standard InChI is InChI=1S/C23H19F3O4S/c1-15(30-31(27,28)23(24,25)26)20-14-21(17-8-3-2-4-9-17)29-22(20)19-12-11-16-7-5-6-10-18(16)13-19/h2-13,21-22H,14H2,1H3/b20-15-/t21-,22-/m0/s1. The first-order chi connectivity index (χ1) is 14.7. The number of fused-ring (bicyclic) bond motifs is 1. The molecule has 0 saturated carbocycles. The highest BCUT2D eigenvalue weighted by Crippen LogP contribution is 2.47. The fourth-order valence-corrected chi connectivity index (χ4v) is 4.24. The van der Waals surface area contributed by atoms with Gasteiger partial charge in [-0.05, 0) is 34.9 Å². The molecule has 1 fully saturated rings. The molecule has 4 nitrogen and oxygen atoms in total. The highest BCUT2D eigenvalue weighted by molar-refractivity contribution is 7.87. The zero-order chi connectivity index (χ0) is 22.2. The van der Waals surface area contributed by atoms with Crippen LogP contribution in [0.3, 0.4) is 0 Å². The predicted octanol–water partition coefficient (Wildman–Crippen LogP) is 6.18. The molecule has 0 amide bonds. The molecule has 0 aromatic heterocycles. The predicted molar refractivity (Wildman–Crippen MR) is 110 cm³/mol. The molecule has 0 bridgehead atoms. The molecular weight excluding hydrogens is 429 g/mol. The van der Waals surface area contributed by atoms with E-state index in [1.54, 1.807) is 0 Å². The van der Waals surface area contributed by atoms with Crippen LogP contribution in [-0.4, -0.2) is 13.9 Å². The molecule has 0 radical (unpaired) electrons. The lowest BCUT2D eigenvalue weighted by molar-refractivity contribution is -0.0522. The summed E-state index contributed by atoms with van der Waals surface area (Å²) in [7, 11) is -5.77. The van der Waals surface area contributed by atoms with Gasteiger partial charge in [0.05, 0.1) is 6.10 Å². The minimum Gasteiger partial charge on any atom is -0.381 e. The Balaban J connectivity index is 1.77. The van der Waals surface area contributed by atoms with Crippen molar-refractivity contribution >= 4 is 20.9 Å². The minimum atomic E-state index is -5.77. The second-order valence-electron chi connectivity index (χ2n) is 7.29. The van der Waals surface area contributed by atoms with Crippen LogP contribution >= 0.6 is 0 Å². The number of ether oxygens (including phenoxy) is 1. The molecule has 0 N–H and O–H groups in total. The van der Waals surface area contributed by atoms with Crippen molar-refractivity contribution in [3.8, 4) is 0 Å². The number of halogens is 3. The maximum atomic E-state index is 12.9. The molecule has 4 rings (SSSR count). The van der Waals surface area contributed by atoms with Crippen molar-refractivity contribution in [1.82, 2.24) is 0 Å². The molecule has 3 aromatic rings. The second-order valence-corrected chi connectivity index (χ2v) is 8.83. The molecule has 1 aliphatic rings. The largest absolute Gasteiger partial charge is 0.534 e. The van der Waals surface area contributed by atoms with Gasteiger partial charge < -0.3 is 8.92 Å². The van der Waals surface area contributed by atoms with Gasteiger partial charge in [0, 0.05) is 12.0 Å². The Bertz CT molecular complexity index is 1230. The van der Waals surface area contributed by atoms with E-state index in [0.717, 1.165) is 16.3 Å². The summed E-state index contributed by atoms with van der Waals surface area (Å²) in [4.78, 5) is 0. The van der Waals surface area contributed by atoms with Gasteiger partial charge in [-0.2, -0.15) is 21.6 Å². The van der Waals surface area contributed by atoms with Gasteiger partial charge in [0.25, 0.3) is 0 Å². The maximum absolute atomic E-state index is 12.9. The van der Waals surface area contributed by atoms with Crippen molar-refractivity contribution in [2.45, 2.75) is 31.1 Å². The number of allylic oxidation sites excluding steroid dienone is 1. The van der Waals surface area contributed by atoms with Crippen molar-refractivity contribution in [3.63, 3.8) is 0 Å². The van der Waals surface area contributed by atoms with E-state index >= 15 is 0 Å². The molecule has 1 aliphatic heterocycles. The third-order valence-corrected chi connectivity index (χ3v) is 6.28. The fraction of sp³-hybridized carbons (Fsp3) is 0.217. The van der Waals surface area contributed by atoms with E-state index in [1.165, 1.54) is 6.92 Å². The topological polar surface area (TPSA) is 52.6 Å². The SMILES string of the molecule is C/C(OS(=O)(=O)C(F)(F)F)=C1\C[C@@H](c2ccccc2)O[C@H]1c1ccc2ccccc2c1. The molecule has 8 heteroatoms. The van der Waals surface area contributed by atoms with E-state index in [1.807, 2.05) is 72.8 Å². The zero-order valence-corrected chi connectivity index (χ0v) is 17.3. The van der Waals surface area contributed by atoms with E-state index in [-0.39, 0.29) is 12.2 Å². The third kappa shape index (κ3) is 4.31. The van der Waals surface area contributed by atoms with Crippen LogP contribution in [0.4, 0.5) is 13.2 Å². The lowest BCUT2D eigenvalue weighted by Gasteiger charge is -2.17. The van der Waals surface area contributed by atoms with Crippen molar-refractivity contribution in [3.05, 3.63) is 95.3 Å². The molecule has 0 unspecified atom stereocenters. The van der Waals surface area contributed by atoms with Crippen LogP contribution in [-0.2, 0) is 19.0 Å². The monoisotopic (exact) mass is 448 g/mol. The zero-order valence-electron chi connectivity index (χ0n) is 16.5. The van der Waals surface area contributed by atoms with E-state index < -0.39 is 27.8 Å². The van der Waals surface area contributed by atoms with Crippen molar-refractivity contribution in [2.24, 2.45) is 0 Å². The first kappa shape index (κ1) is 21.4. The Morgan fingerprint density at radius 1 is 0.935 bits per heavy atom. The molecule has 1 heterocycles. The maximum Gasteiger partial charge on any atom is 0.534 e. The van der Waals surface area contributed by atoms with Crippen LogP contribution in [0, 0.1) is 0 Å². The second kappa shape index (κ2) is 8.01. The molecule has 0 spiro atoms. The summed E-state index contributed by atoms with van der Waals surface area (Å²) < 4.78 is 72.3. The van der Waals surface area contributed by atoms with Crippen LogP contribution in [0.1, 0.15) is 36.7 Å². The lowest BCUT2D eigenvalue weighted by Crippen LogP contribution is -2.25. The average Bonchev–Trinajstić information content (AvgIpc) is 3.19. The van der Waals surface area contributed by atoms with Crippen LogP contribution in [0.2, 0.25) is 0 Å². The molecule has 31 heavy (non-hydrogen) atoms. The first-order valence-electron chi connectivity index (χ1n) is 9.55. The van der Waals surface area contributed by atoms with Gasteiger partial charge in [0.1, 0.15) is 11.9 Å². The average molecular weight is 448 g/mol. The Morgan fingerprint density at radius 3 is 2.26 bits per heavy atom. The van der Waals surface area contributed by atoms with Crippen LogP contribution < -0.4 is 0 Å². The van der Waals surface area contributed by atoms with E-state index in [9.17, 15) is 21.6 Å². The summed E-state index contributed by atoms with van der Waals surface area (Å²) in [6, 6.07) is 22.5. The van der Waals surface area contributed by atoms with Crippen molar-refractivity contribution in [1.29, 1.82) is 0 Å². The Hall–Kier alpha value is -2.84. The molecule has 162 valence electrons. The molecular formula is C23H19F3O4S. The van der Waals surface area contributed by atoms with Gasteiger partial charge in [-0.1, -0.05) is 66.7 Å². The number of hydrogen-bond donors (Lipinski definition) is 0. The van der Waals surface area contributed by atoms with Gasteiger partial charge in [-0.25, -0.2) is 0 Å². The van der Waals surface area contributed by atoms with Gasteiger partial charge in [-0.15, -0.1) is 0 Å². The summed E-state index contributed by atoms with van der Waals surface area (Å²) in [6.07, 6.45) is -0.973. The Morgan fingerprint density at radius 2 is 1.58 bits per heavy atom. The summed E-state index contributed by atoms with van der Waals surface area (Å²) >= 11 is 0. The van der Waals surface area contributed by atoms with Crippen LogP contribution in [0.5, 0.6) is 0 Å². The normalized spacial score (nSPS) is 21.3. The van der Waals surface area contributed by atoms with E-state index in [4.69, 9.17) is 4.74 Å². The third-order valence-electron chi connectivity index (χ3n) is 5.24. The summed E-state index contributed by atoms with van der Waals surface area (Å²) in [6.45, 7) is 1.23. The number of rotatable bonds is 4. The summed E-state index contributed by atoms with van der Waals surface area (Å²) in [5, 5.41) is 1.94. The van der Waals surface area contributed by atoms with E-state index in [0.29, 0.717) is 11.1 Å². The smallest absolute Gasteiger partial charge is 0.381 e. The van der Waals surface area contributed by atoms with Gasteiger partial charge in [-0.3, -0.25) is 0 Å². The van der Waals surface area contributed by atoms with Gasteiger partial charge >= 0.3 is 15.6 Å². The van der Waals surface area contributed by atoms with Gasteiger partial charge in [0.2, 0.25) is 0 Å². The molecule has 3 aromatic carbocycles. The highest BCUT2D eigenvalue weighted by Gasteiger charge is 2.49. The first-order valence-corrected chi connectivity index (χ1v) is 11.0. The fourth-order valence-electron chi connectivity index (χ4n) is 3.71.